The van der Waals surface area contributed by atoms with Crippen molar-refractivity contribution < 1.29 is 87.7 Å². The number of aryl methyl sites for hydroxylation is 2. The molecule has 3 amide bonds. The molecule has 3 aromatic carbocycles. The number of rotatable bonds is 34. The summed E-state index contributed by atoms with van der Waals surface area (Å²) in [6.07, 6.45) is 16.8. The number of carbonyl (C=O) groups excluding carboxylic acids is 9. The van der Waals surface area contributed by atoms with E-state index in [2.05, 4.69) is 112 Å². The number of hydrogen-bond acceptors (Lipinski definition) is 27. The summed E-state index contributed by atoms with van der Waals surface area (Å²) >= 11 is 0. The van der Waals surface area contributed by atoms with Crippen LogP contribution in [0.4, 0.5) is 16.4 Å². The highest BCUT2D eigenvalue weighted by Gasteiger charge is 2.79. The molecule has 3 aromatic heterocycles. The third-order valence-corrected chi connectivity index (χ3v) is 28.0. The zero-order valence-corrected chi connectivity index (χ0v) is 72.4. The number of carboxylic acid groups (broad SMARTS) is 2. The zero-order chi connectivity index (χ0) is 89.6. The van der Waals surface area contributed by atoms with Crippen molar-refractivity contribution >= 4 is 114 Å². The molecular weight excluding hydrogens is 1620 g/mol. The van der Waals surface area contributed by atoms with Crippen LogP contribution in [0.1, 0.15) is 169 Å². The van der Waals surface area contributed by atoms with Gasteiger partial charge in [-0.05, 0) is 133 Å². The molecule has 15 atom stereocenters. The van der Waals surface area contributed by atoms with Crippen LogP contribution < -0.4 is 42.4 Å². The third-order valence-electron chi connectivity index (χ3n) is 25.5. The van der Waals surface area contributed by atoms with E-state index in [1.165, 1.54) is 23.3 Å². The number of ketones is 4. The Balaban J connectivity index is 0.000000376. The number of aliphatic hydroxyl groups is 3. The van der Waals surface area contributed by atoms with Crippen molar-refractivity contribution in [1.29, 1.82) is 0 Å². The van der Waals surface area contributed by atoms with E-state index < -0.39 is 117 Å². The first-order valence-electron chi connectivity index (χ1n) is 41.4. The lowest BCUT2D eigenvalue weighted by Gasteiger charge is -2.63. The summed E-state index contributed by atoms with van der Waals surface area (Å²) in [6.45, 7) is 14.8. The molecule has 6 aliphatic rings. The van der Waals surface area contributed by atoms with Gasteiger partial charge in [-0.1, -0.05) is 96.5 Å². The summed E-state index contributed by atoms with van der Waals surface area (Å²) in [5, 5.41) is 64.8. The van der Waals surface area contributed by atoms with E-state index in [1.807, 2.05) is 37.9 Å². The molecule has 32 nitrogen and oxygen atoms in total. The van der Waals surface area contributed by atoms with E-state index in [0.717, 1.165) is 74.9 Å². The molecule has 2 saturated heterocycles. The van der Waals surface area contributed by atoms with Gasteiger partial charge < -0.3 is 66.1 Å². The van der Waals surface area contributed by atoms with Gasteiger partial charge in [0.1, 0.15) is 24.2 Å². The minimum atomic E-state index is -2.54. The summed E-state index contributed by atoms with van der Waals surface area (Å²) in [5.41, 5.74) is 13.0. The second-order valence-electron chi connectivity index (χ2n) is 33.3. The Kier molecular flexibility index (Phi) is 31.4. The minimum absolute atomic E-state index is 0.0200. The fourth-order valence-electron chi connectivity index (χ4n) is 19.7. The molecule has 2 bridgehead atoms. The van der Waals surface area contributed by atoms with Crippen molar-refractivity contribution in [3.05, 3.63) is 128 Å². The van der Waals surface area contributed by atoms with Crippen LogP contribution in [0.3, 0.4) is 0 Å². The van der Waals surface area contributed by atoms with Crippen LogP contribution in [0.2, 0.25) is 0 Å². The lowest BCUT2D eigenvalue weighted by Crippen LogP contribution is -2.82. The second kappa shape index (κ2) is 40.8. The monoisotopic (exact) mass is 1730 g/mol. The number of carbonyl (C=O) groups is 9. The number of nitrogens with zero attached hydrogens (tertiary/aromatic N) is 6. The van der Waals surface area contributed by atoms with Crippen molar-refractivity contribution in [3.8, 4) is 30.4 Å². The number of para-hydroxylation sites is 1. The summed E-state index contributed by atoms with van der Waals surface area (Å²) < 4.78 is 11.9. The van der Waals surface area contributed by atoms with Crippen molar-refractivity contribution in [2.24, 2.45) is 29.1 Å². The summed E-state index contributed by atoms with van der Waals surface area (Å²) in [4.78, 5) is 169. The maximum absolute atomic E-state index is 15.2. The molecule has 1 unspecified atom stereocenters. The van der Waals surface area contributed by atoms with Gasteiger partial charge in [0, 0.05) is 151 Å². The van der Waals surface area contributed by atoms with Crippen LogP contribution in [0, 0.1) is 53.8 Å². The average Bonchev–Trinajstić information content (AvgIpc) is 1.49. The van der Waals surface area contributed by atoms with Gasteiger partial charge >= 0.3 is 24.2 Å². The van der Waals surface area contributed by atoms with Crippen LogP contribution in [0.15, 0.2) is 83.3 Å². The number of anilines is 2. The molecule has 658 valence electrons. The Labute approximate surface area is 721 Å². The second-order valence-corrected chi connectivity index (χ2v) is 35.9. The highest BCUT2D eigenvalue weighted by molar-refractivity contribution is 8.76. The maximum atomic E-state index is 15.2. The molecule has 8 heterocycles. The molecule has 34 heteroatoms. The number of aromatic amines is 2. The summed E-state index contributed by atoms with van der Waals surface area (Å²) in [5.74, 6) is -2.18. The number of carboxylic acids is 2. The van der Waals surface area contributed by atoms with E-state index in [1.54, 1.807) is 51.5 Å². The molecule has 1 saturated carbocycles. The number of aliphatic carboxylic acids is 2. The van der Waals surface area contributed by atoms with Crippen molar-refractivity contribution in [2.75, 3.05) is 82.7 Å². The number of piperidine rings is 1. The Bertz CT molecular complexity index is 5180. The predicted octanol–water partition coefficient (Wildman–Crippen LogP) is 6.53. The number of aliphatic hydroxyl groups excluding tert-OH is 1. The fourth-order valence-corrected chi connectivity index (χ4v) is 21.8. The molecule has 0 radical (unpaired) electrons. The topological polar surface area (TPSA) is 479 Å². The van der Waals surface area contributed by atoms with Gasteiger partial charge in [0.2, 0.25) is 11.9 Å². The van der Waals surface area contributed by atoms with Gasteiger partial charge in [0.15, 0.2) is 34.1 Å². The van der Waals surface area contributed by atoms with Crippen molar-refractivity contribution in [3.63, 3.8) is 0 Å². The normalized spacial score (nSPS) is 24.6. The molecule has 1 spiro atoms. The van der Waals surface area contributed by atoms with Gasteiger partial charge in [0.25, 0.3) is 11.5 Å². The molecule has 3 fully saturated rings. The molecule has 12 rings (SSSR count). The first-order chi connectivity index (χ1) is 58.6. The largest absolute Gasteiger partial charge is 0.496 e. The first kappa shape index (κ1) is 94.6. The lowest BCUT2D eigenvalue weighted by molar-refractivity contribution is -0.204. The molecule has 6 aromatic rings. The molecule has 13 N–H and O–H groups in total. The van der Waals surface area contributed by atoms with E-state index >= 15 is 4.79 Å². The Morgan fingerprint density at radius 1 is 0.837 bits per heavy atom. The number of amides is 3. The first-order valence-corrected chi connectivity index (χ1v) is 43.9. The number of hydrazine groups is 1. The summed E-state index contributed by atoms with van der Waals surface area (Å²) in [6, 6.07) is 16.4. The van der Waals surface area contributed by atoms with Crippen LogP contribution >= 0.6 is 21.6 Å². The Morgan fingerprint density at radius 3 is 2.19 bits per heavy atom. The van der Waals surface area contributed by atoms with Crippen molar-refractivity contribution in [2.45, 2.75) is 197 Å². The number of nitrogen functional groups attached to an aromatic ring is 1. The van der Waals surface area contributed by atoms with E-state index in [4.69, 9.17) is 37.6 Å². The minimum Gasteiger partial charge on any atom is -0.496 e. The lowest BCUT2D eigenvalue weighted by atomic mass is 9.47. The van der Waals surface area contributed by atoms with Crippen molar-refractivity contribution in [1.82, 2.24) is 56.2 Å². The number of H-pyrrole nitrogens is 2. The quantitative estimate of drug-likeness (QED) is 0.00510. The average molecular weight is 1730 g/mol. The van der Waals surface area contributed by atoms with Crippen LogP contribution in [-0.2, 0) is 78.0 Å². The molecule has 123 heavy (non-hydrogen) atoms. The fraction of sp³-hybridized carbons (Fsp3) is 0.528. The van der Waals surface area contributed by atoms with Gasteiger partial charge in [-0.15, -0.1) is 24.7 Å². The van der Waals surface area contributed by atoms with Crippen LogP contribution in [0.25, 0.3) is 22.1 Å². The number of likely N-dealkylation sites (N-methyl/N-ethyl adjacent to an activating group) is 2. The number of nitrogens with one attached hydrogen (secondary N) is 6. The van der Waals surface area contributed by atoms with E-state index in [0.29, 0.717) is 88.0 Å². The highest BCUT2D eigenvalue weighted by Crippen LogP contribution is 2.68. The van der Waals surface area contributed by atoms with E-state index in [9.17, 15) is 68.7 Å². The zero-order valence-electron chi connectivity index (χ0n) is 70.8. The Hall–Kier alpha value is -10.6. The standard InChI is InChI=1S/C66H88N8O12S2.C22H23N5O5.CO2/c1-11-18-48(67-8)51(75)28-41(13-3)55(77)69-49(19-12-2)52(76)29-42(56(78)79)37-88-87-27-26-86-61(82)71-70-60(81)66(84)58-65(23-25-74-35-39(6)32-64(15-5,57(65)74)59(66)80)45-30-46(53(85-10)31-50(45)72(58)9)62(7)33-40-34-63(83,14-4)38-73(36-40)24-22-44-43-20-16-17-21-47(43)68-54(44)62;1-12(28)2-6-15(21(31)32)10-17(29)14-7-3-13(4-8-14)5-9-16-11-24-19-18(25-16)20(30)27-22(23)26-19;2-1-3/h1-2,16-17,20-21,30-32,40-42,48-49,57-59,67-68,80,83-84H,13-15,18-19,22-29,33-38H2,3-10H3,(H,69,77)(H,70,81)(H,71,82)(H,78,79);3-4,7-8,11,15H,2,5-6,9-10H2,1H3,(H,31,32)(H3,23,24,26,27,30);/t40-,41+,42-,48-,49-,57-,58+,59+,62+,63-,64+,65+,66-;15-;/m01./s1. The number of Topliss-reactive ketones (excluding diaryl/α,β-unsaturated/α-hetero) is 4. The Morgan fingerprint density at radius 2 is 1.53 bits per heavy atom. The number of hydrogen-bond donors (Lipinski definition) is 12. The van der Waals surface area contributed by atoms with Gasteiger partial charge in [0.05, 0.1) is 54.6 Å². The van der Waals surface area contributed by atoms with Crippen LogP contribution in [-0.4, -0.2) is 233 Å². The number of nitrogens with two attached hydrogens (primary N) is 1. The SMILES string of the molecule is C#CC[C@H](NC)C(=O)C[C@@H](CC)C(=O)N[C@@H](CC#C)C(=O)C[C@@H](CSSCCOC(=O)NNC(=O)[C@@]1(O)[C@H](O)[C@]2(CC)C=C(C)CN3CC[C@@]4(c5cc([C@@]6(C)C[C@@H]7CN(CCc8c6[nH]c6ccccc86)C[C@](O)(CC)C7)c(OC)cc5N(C)[C@@H]14)[C@@H]32)C(=O)O.CC(=O)CC[C@H](CC(=O)c1ccc(CCc2cnc3nc(N)[nH]c(=O)c3n2)cc1)C(=O)O.O=C=O. The van der Waals surface area contributed by atoms with Gasteiger partial charge in [-0.2, -0.15) is 14.6 Å². The number of fused-ring (bicyclic) bond motifs is 7. The number of ether oxygens (including phenoxy) is 2. The molecule has 1 aliphatic carbocycles. The maximum Gasteiger partial charge on any atom is 0.426 e. The predicted molar refractivity (Wildman–Crippen MR) is 462 cm³/mol. The summed E-state index contributed by atoms with van der Waals surface area (Å²) in [7, 11) is 7.44. The number of terminal acetylenes is 2. The highest BCUT2D eigenvalue weighted by atomic mass is 33.1. The number of methoxy groups -OCH3 is 1. The third kappa shape index (κ3) is 20.3. The number of benzene rings is 3. The molecule has 5 aliphatic heterocycles. The molecular formula is C89H111N13O19S2. The van der Waals surface area contributed by atoms with Crippen LogP contribution in [0.5, 0.6) is 5.75 Å². The van der Waals surface area contributed by atoms with E-state index in [-0.39, 0.29) is 109 Å². The van der Waals surface area contributed by atoms with Gasteiger partial charge in [-0.3, -0.25) is 58.6 Å². The van der Waals surface area contributed by atoms with Gasteiger partial charge in [-0.25, -0.2) is 20.2 Å². The number of aromatic nitrogens is 5. The smallest absolute Gasteiger partial charge is 0.426 e.